The second-order valence-corrected chi connectivity index (χ2v) is 27.3. The summed E-state index contributed by atoms with van der Waals surface area (Å²) in [6, 6.07) is 0. The number of hydrogen-bond donors (Lipinski definition) is 3. The highest BCUT2D eigenvalue weighted by Crippen LogP contribution is 2.45. The average molecular weight is 1490 g/mol. The van der Waals surface area contributed by atoms with E-state index in [2.05, 4.69) is 192 Å². The van der Waals surface area contributed by atoms with E-state index in [1.807, 2.05) is 36.5 Å². The van der Waals surface area contributed by atoms with Crippen LogP contribution in [0.2, 0.25) is 0 Å². The van der Waals surface area contributed by atoms with E-state index in [1.165, 1.54) is 0 Å². The van der Waals surface area contributed by atoms with E-state index in [9.17, 15) is 43.2 Å². The Balaban J connectivity index is 5.54. The summed E-state index contributed by atoms with van der Waals surface area (Å²) in [5.74, 6) is -2.49. The van der Waals surface area contributed by atoms with Crippen LogP contribution in [0.3, 0.4) is 0 Å². The number of allylic oxidation sites excluding steroid dienone is 33. The van der Waals surface area contributed by atoms with Crippen LogP contribution < -0.4 is 0 Å². The van der Waals surface area contributed by atoms with Crippen LogP contribution in [-0.4, -0.2) is 96.7 Å². The third kappa shape index (κ3) is 73.9. The number of phosphoric acid groups is 2. The van der Waals surface area contributed by atoms with Crippen LogP contribution in [0.4, 0.5) is 0 Å². The summed E-state index contributed by atoms with van der Waals surface area (Å²) in [6.07, 6.45) is 92.9. The van der Waals surface area contributed by atoms with Gasteiger partial charge in [0, 0.05) is 19.3 Å². The first-order valence-corrected chi connectivity index (χ1v) is 41.3. The lowest BCUT2D eigenvalue weighted by Gasteiger charge is -2.21. The van der Waals surface area contributed by atoms with Crippen molar-refractivity contribution in [3.8, 4) is 0 Å². The van der Waals surface area contributed by atoms with Crippen molar-refractivity contribution in [2.45, 2.75) is 264 Å². The molecule has 0 bridgehead atoms. The van der Waals surface area contributed by atoms with E-state index >= 15 is 0 Å². The van der Waals surface area contributed by atoms with E-state index in [4.69, 9.17) is 37.0 Å². The quantitative estimate of drug-likeness (QED) is 0.0169. The fourth-order valence-electron chi connectivity index (χ4n) is 9.11. The number of aliphatic hydroxyl groups excluding tert-OH is 1. The molecular formula is C85H132O17P2. The van der Waals surface area contributed by atoms with E-state index < -0.39 is 97.5 Å². The number of phosphoric ester groups is 2. The van der Waals surface area contributed by atoms with E-state index in [1.54, 1.807) is 6.08 Å². The minimum absolute atomic E-state index is 0.0214. The van der Waals surface area contributed by atoms with Crippen molar-refractivity contribution in [1.82, 2.24) is 0 Å². The van der Waals surface area contributed by atoms with Gasteiger partial charge in [0.2, 0.25) is 0 Å². The Morgan fingerprint density at radius 1 is 0.279 bits per heavy atom. The molecule has 0 saturated heterocycles. The Bertz CT molecular complexity index is 2790. The lowest BCUT2D eigenvalue weighted by molar-refractivity contribution is -0.161. The zero-order valence-electron chi connectivity index (χ0n) is 63.6. The van der Waals surface area contributed by atoms with E-state index in [0.717, 1.165) is 161 Å². The SMILES string of the molecule is CC/C=C\C/C=C\C/C=C\C/C=C\C/C=C\C/C=C\CCC(=O)OCC(COP(=O)(O)OCC(O)COP(=O)(O)OCC(COC(=O)C/C=C\C/C=C\C/C=C\C/C=C\C/C=C\CC)OC(=O)CCCCCCC/C=C\C/C=C\C/C=C\CC)OC(=O)CCCCCCC/C=C\C/C=C\C/C=C\CC. The maximum atomic E-state index is 13.1. The van der Waals surface area contributed by atoms with Gasteiger partial charge in [-0.2, -0.15) is 0 Å². The molecule has 5 atom stereocenters. The van der Waals surface area contributed by atoms with Crippen LogP contribution in [0.15, 0.2) is 207 Å². The van der Waals surface area contributed by atoms with E-state index in [-0.39, 0.29) is 25.7 Å². The summed E-state index contributed by atoms with van der Waals surface area (Å²) in [5, 5.41) is 10.6. The number of aliphatic hydroxyl groups is 1. The first-order valence-electron chi connectivity index (χ1n) is 38.3. The smallest absolute Gasteiger partial charge is 0.462 e. The monoisotopic (exact) mass is 1490 g/mol. The summed E-state index contributed by atoms with van der Waals surface area (Å²) in [5.41, 5.74) is 0. The third-order valence-electron chi connectivity index (χ3n) is 14.8. The summed E-state index contributed by atoms with van der Waals surface area (Å²) in [6.45, 7) is 4.13. The Hall–Kier alpha value is -6.36. The van der Waals surface area contributed by atoms with Crippen molar-refractivity contribution in [3.63, 3.8) is 0 Å². The molecule has 0 heterocycles. The second-order valence-electron chi connectivity index (χ2n) is 24.4. The molecule has 0 amide bonds. The molecule has 104 heavy (non-hydrogen) atoms. The van der Waals surface area contributed by atoms with Crippen LogP contribution in [0.1, 0.15) is 246 Å². The Morgan fingerprint density at radius 3 is 0.846 bits per heavy atom. The van der Waals surface area contributed by atoms with Gasteiger partial charge < -0.3 is 33.8 Å². The van der Waals surface area contributed by atoms with Crippen LogP contribution in [0.5, 0.6) is 0 Å². The van der Waals surface area contributed by atoms with Gasteiger partial charge in [-0.3, -0.25) is 37.3 Å². The highest BCUT2D eigenvalue weighted by Gasteiger charge is 2.30. The molecule has 0 aliphatic heterocycles. The van der Waals surface area contributed by atoms with Gasteiger partial charge in [-0.1, -0.05) is 273 Å². The standard InChI is InChI=1S/C85H132O17P2/c1-5-9-13-17-21-25-29-33-37-38-39-40-44-46-50-54-58-62-66-70-83(88)96-76-81(102-85(90)72-68-64-60-56-52-48-43-36-32-28-24-20-16-12-8-4)78-100-104(93,94)98-74-79(86)73-97-103(91,92)99-77-80(101-84(89)71-67-63-59-55-51-47-42-35-31-27-23-19-15-11-7-3)75-95-82(87)69-65-61-57-53-49-45-41-34-30-26-22-18-14-10-6-2/h9-16,21-28,33-37,39-43,46,49-50,53,58,61-62,65,79-81,86H,5-8,17-20,29-32,38,44-45,47-48,51-52,54-57,59-60,63-64,66-78H2,1-4H3,(H,91,92)(H,93,94)/b13-9-,14-10-,15-11-,16-12-,25-21-,26-22-,27-23-,28-24-,37-33-,40-39-,41-34-,42-35-,43-36-,50-46-,53-49-,62-58-,65-61-. The normalized spacial score (nSPS) is 15.0. The molecule has 19 heteroatoms. The van der Waals surface area contributed by atoms with Crippen LogP contribution in [-0.2, 0) is 65.4 Å². The average Bonchev–Trinajstić information content (AvgIpc) is 0.918. The van der Waals surface area contributed by atoms with Crippen LogP contribution in [0.25, 0.3) is 0 Å². The minimum atomic E-state index is -5.02. The number of unbranched alkanes of at least 4 members (excludes halogenated alkanes) is 10. The van der Waals surface area contributed by atoms with Crippen LogP contribution in [0, 0.1) is 0 Å². The van der Waals surface area contributed by atoms with Gasteiger partial charge in [0.15, 0.2) is 12.2 Å². The summed E-state index contributed by atoms with van der Waals surface area (Å²) >= 11 is 0. The molecule has 0 aliphatic rings. The zero-order valence-corrected chi connectivity index (χ0v) is 65.4. The number of carbonyl (C=O) groups excluding carboxylic acids is 4. The molecule has 0 fully saturated rings. The number of carbonyl (C=O) groups is 4. The number of ether oxygens (including phenoxy) is 4. The molecule has 0 spiro atoms. The number of esters is 4. The van der Waals surface area contributed by atoms with Crippen molar-refractivity contribution >= 4 is 39.5 Å². The van der Waals surface area contributed by atoms with Gasteiger partial charge in [0.1, 0.15) is 19.3 Å². The first-order chi connectivity index (χ1) is 50.7. The maximum Gasteiger partial charge on any atom is 0.472 e. The van der Waals surface area contributed by atoms with Crippen molar-refractivity contribution in [2.75, 3.05) is 39.6 Å². The predicted molar refractivity (Wildman–Crippen MR) is 426 cm³/mol. The number of rotatable bonds is 69. The molecule has 0 rings (SSSR count). The Labute approximate surface area is 627 Å². The molecule has 0 radical (unpaired) electrons. The summed E-state index contributed by atoms with van der Waals surface area (Å²) in [4.78, 5) is 72.8. The molecule has 3 N–H and O–H groups in total. The highest BCUT2D eigenvalue weighted by atomic mass is 31.2. The first kappa shape index (κ1) is 97.6. The lowest BCUT2D eigenvalue weighted by Crippen LogP contribution is -2.30. The molecule has 0 aliphatic carbocycles. The third-order valence-corrected chi connectivity index (χ3v) is 16.7. The molecule has 0 saturated carbocycles. The summed E-state index contributed by atoms with van der Waals surface area (Å²) < 4.78 is 68.3. The van der Waals surface area contributed by atoms with Gasteiger partial charge in [0.25, 0.3) is 0 Å². The zero-order chi connectivity index (χ0) is 76.0. The summed E-state index contributed by atoms with van der Waals surface area (Å²) in [7, 11) is -10.0. The Morgan fingerprint density at radius 2 is 0.529 bits per heavy atom. The largest absolute Gasteiger partial charge is 0.472 e. The van der Waals surface area contributed by atoms with Crippen molar-refractivity contribution in [3.05, 3.63) is 207 Å². The van der Waals surface area contributed by atoms with Gasteiger partial charge in [-0.25, -0.2) is 9.13 Å². The molecular weight excluding hydrogens is 1350 g/mol. The van der Waals surface area contributed by atoms with Gasteiger partial charge in [-0.05, 0) is 154 Å². The van der Waals surface area contributed by atoms with Gasteiger partial charge in [-0.15, -0.1) is 0 Å². The molecule has 0 aromatic carbocycles. The maximum absolute atomic E-state index is 13.1. The van der Waals surface area contributed by atoms with Crippen molar-refractivity contribution in [2.24, 2.45) is 0 Å². The van der Waals surface area contributed by atoms with Gasteiger partial charge in [0.05, 0.1) is 32.8 Å². The predicted octanol–water partition coefficient (Wildman–Crippen LogP) is 22.3. The highest BCUT2D eigenvalue weighted by molar-refractivity contribution is 7.47. The molecule has 0 aromatic rings. The molecule has 584 valence electrons. The minimum Gasteiger partial charge on any atom is -0.462 e. The topological polar surface area (TPSA) is 237 Å². The molecule has 17 nitrogen and oxygen atoms in total. The van der Waals surface area contributed by atoms with E-state index in [0.29, 0.717) is 32.1 Å². The number of hydrogen-bond acceptors (Lipinski definition) is 15. The molecule has 0 aromatic heterocycles. The fraction of sp³-hybridized carbons (Fsp3) is 0.553. The van der Waals surface area contributed by atoms with Gasteiger partial charge >= 0.3 is 39.5 Å². The second kappa shape index (κ2) is 74.9. The fourth-order valence-corrected chi connectivity index (χ4v) is 10.7. The van der Waals surface area contributed by atoms with Crippen molar-refractivity contribution in [1.29, 1.82) is 0 Å². The Kier molecular flexibility index (Phi) is 70.3. The molecule has 5 unspecified atom stereocenters. The lowest BCUT2D eigenvalue weighted by atomic mass is 10.1. The van der Waals surface area contributed by atoms with Crippen LogP contribution >= 0.6 is 15.6 Å². The van der Waals surface area contributed by atoms with Crippen molar-refractivity contribution < 1.29 is 80.2 Å².